The molecule has 5 rings (SSSR count). The first-order valence-electron chi connectivity index (χ1n) is 11.0. The lowest BCUT2D eigenvalue weighted by Gasteiger charge is -2.28. The number of para-hydroxylation sites is 1. The predicted octanol–water partition coefficient (Wildman–Crippen LogP) is 4.37. The molecular weight excluding hydrogens is 434 g/mol. The van der Waals surface area contributed by atoms with Crippen LogP contribution in [-0.4, -0.2) is 49.3 Å². The van der Waals surface area contributed by atoms with Gasteiger partial charge in [0.25, 0.3) is 5.91 Å². The number of ether oxygens (including phenoxy) is 2. The van der Waals surface area contributed by atoms with Gasteiger partial charge in [-0.05, 0) is 43.3 Å². The normalized spacial score (nSPS) is 13.6. The molecule has 0 unspecified atom stereocenters. The number of furan rings is 1. The number of nitrogens with zero attached hydrogens (tertiary/aromatic N) is 3. The van der Waals surface area contributed by atoms with Crippen molar-refractivity contribution in [2.75, 3.05) is 48.9 Å². The highest BCUT2D eigenvalue weighted by Crippen LogP contribution is 2.29. The second-order valence-electron chi connectivity index (χ2n) is 7.90. The first kappa shape index (κ1) is 21.7. The minimum atomic E-state index is -0.333. The molecule has 4 aromatic rings. The molecule has 0 bridgehead atoms. The molecule has 2 aromatic carbocycles. The number of carbonyl (C=O) groups is 1. The molecule has 2 N–H and O–H groups in total. The Morgan fingerprint density at radius 1 is 1.03 bits per heavy atom. The fourth-order valence-electron chi connectivity index (χ4n) is 3.86. The molecule has 1 aliphatic rings. The van der Waals surface area contributed by atoms with E-state index in [1.165, 1.54) is 0 Å². The average Bonchev–Trinajstić information content (AvgIpc) is 3.30. The zero-order chi connectivity index (χ0) is 23.5. The van der Waals surface area contributed by atoms with Gasteiger partial charge < -0.3 is 29.4 Å². The summed E-state index contributed by atoms with van der Waals surface area (Å²) < 4.78 is 16.5. The quantitative estimate of drug-likeness (QED) is 0.438. The molecular formula is C25H25N5O4. The molecule has 0 aliphatic carbocycles. The van der Waals surface area contributed by atoms with Crippen LogP contribution in [0.5, 0.6) is 5.75 Å². The van der Waals surface area contributed by atoms with Crippen LogP contribution in [0.2, 0.25) is 0 Å². The number of rotatable bonds is 6. The number of fused-ring (bicyclic) bond motifs is 1. The highest BCUT2D eigenvalue weighted by Gasteiger charge is 2.16. The summed E-state index contributed by atoms with van der Waals surface area (Å²) in [5.41, 5.74) is 2.04. The van der Waals surface area contributed by atoms with Crippen molar-refractivity contribution in [2.24, 2.45) is 0 Å². The average molecular weight is 460 g/mol. The van der Waals surface area contributed by atoms with Crippen molar-refractivity contribution in [2.45, 2.75) is 6.92 Å². The summed E-state index contributed by atoms with van der Waals surface area (Å²) >= 11 is 0. The van der Waals surface area contributed by atoms with E-state index in [2.05, 4.69) is 25.5 Å². The number of amides is 1. The third kappa shape index (κ3) is 4.65. The van der Waals surface area contributed by atoms with Crippen molar-refractivity contribution in [3.8, 4) is 5.75 Å². The van der Waals surface area contributed by atoms with Gasteiger partial charge in [0, 0.05) is 35.9 Å². The van der Waals surface area contributed by atoms with Crippen LogP contribution in [-0.2, 0) is 4.74 Å². The molecule has 1 amide bonds. The van der Waals surface area contributed by atoms with Gasteiger partial charge in [0.1, 0.15) is 17.5 Å². The van der Waals surface area contributed by atoms with Gasteiger partial charge in [-0.15, -0.1) is 0 Å². The van der Waals surface area contributed by atoms with Gasteiger partial charge in [0.2, 0.25) is 0 Å². The molecule has 1 fully saturated rings. The van der Waals surface area contributed by atoms with Crippen LogP contribution in [0.4, 0.5) is 23.0 Å². The molecule has 0 saturated carbocycles. The molecule has 0 spiro atoms. The van der Waals surface area contributed by atoms with E-state index < -0.39 is 0 Å². The van der Waals surface area contributed by atoms with Crippen LogP contribution >= 0.6 is 0 Å². The monoisotopic (exact) mass is 459 g/mol. The number of nitrogens with one attached hydrogen (secondary N) is 2. The van der Waals surface area contributed by atoms with E-state index in [0.29, 0.717) is 41.9 Å². The SMILES string of the molecule is COc1cccc2cc(C(=O)Nc3ccc(Nc4cc(N5CCOCC5)nc(C)n4)cc3)oc12. The van der Waals surface area contributed by atoms with E-state index in [1.807, 2.05) is 49.4 Å². The fraction of sp³-hybridized carbons (Fsp3) is 0.240. The van der Waals surface area contributed by atoms with E-state index in [1.54, 1.807) is 19.2 Å². The van der Waals surface area contributed by atoms with E-state index in [4.69, 9.17) is 13.9 Å². The summed E-state index contributed by atoms with van der Waals surface area (Å²) in [5.74, 6) is 2.75. The van der Waals surface area contributed by atoms with Crippen molar-refractivity contribution >= 4 is 39.9 Å². The number of hydrogen-bond donors (Lipinski definition) is 2. The molecule has 174 valence electrons. The summed E-state index contributed by atoms with van der Waals surface area (Å²) in [5, 5.41) is 6.98. The van der Waals surface area contributed by atoms with Gasteiger partial charge in [-0.2, -0.15) is 0 Å². The van der Waals surface area contributed by atoms with Gasteiger partial charge in [-0.3, -0.25) is 4.79 Å². The Morgan fingerprint density at radius 2 is 1.79 bits per heavy atom. The van der Waals surface area contributed by atoms with Gasteiger partial charge in [0.05, 0.1) is 20.3 Å². The highest BCUT2D eigenvalue weighted by atomic mass is 16.5. The molecule has 9 heteroatoms. The van der Waals surface area contributed by atoms with Crippen LogP contribution in [0.1, 0.15) is 16.4 Å². The minimum absolute atomic E-state index is 0.216. The van der Waals surface area contributed by atoms with Crippen LogP contribution < -0.4 is 20.3 Å². The number of aromatic nitrogens is 2. The molecule has 3 heterocycles. The maximum atomic E-state index is 12.7. The smallest absolute Gasteiger partial charge is 0.291 e. The topological polar surface area (TPSA) is 102 Å². The number of hydrogen-bond acceptors (Lipinski definition) is 8. The first-order valence-corrected chi connectivity index (χ1v) is 11.0. The summed E-state index contributed by atoms with van der Waals surface area (Å²) in [6, 6.07) is 16.6. The lowest BCUT2D eigenvalue weighted by molar-refractivity contribution is 0.0998. The Bertz CT molecular complexity index is 1310. The maximum absolute atomic E-state index is 12.7. The zero-order valence-electron chi connectivity index (χ0n) is 19.0. The van der Waals surface area contributed by atoms with Crippen LogP contribution in [0, 0.1) is 6.92 Å². The van der Waals surface area contributed by atoms with Crippen LogP contribution in [0.3, 0.4) is 0 Å². The Morgan fingerprint density at radius 3 is 2.56 bits per heavy atom. The van der Waals surface area contributed by atoms with Gasteiger partial charge >= 0.3 is 0 Å². The third-order valence-corrected chi connectivity index (χ3v) is 5.53. The van der Waals surface area contributed by atoms with E-state index in [0.717, 1.165) is 30.0 Å². The van der Waals surface area contributed by atoms with E-state index in [9.17, 15) is 4.79 Å². The summed E-state index contributed by atoms with van der Waals surface area (Å²) in [4.78, 5) is 23.9. The number of anilines is 4. The maximum Gasteiger partial charge on any atom is 0.291 e. The van der Waals surface area contributed by atoms with Gasteiger partial charge in [-0.1, -0.05) is 12.1 Å². The zero-order valence-corrected chi connectivity index (χ0v) is 19.0. The largest absolute Gasteiger partial charge is 0.493 e. The van der Waals surface area contributed by atoms with Gasteiger partial charge in [0.15, 0.2) is 17.1 Å². The minimum Gasteiger partial charge on any atom is -0.493 e. The predicted molar refractivity (Wildman–Crippen MR) is 130 cm³/mol. The van der Waals surface area contributed by atoms with Crippen LogP contribution in [0.25, 0.3) is 11.0 Å². The Labute approximate surface area is 196 Å². The van der Waals surface area contributed by atoms with E-state index in [-0.39, 0.29) is 11.7 Å². The van der Waals surface area contributed by atoms with Crippen molar-refractivity contribution in [3.05, 3.63) is 66.2 Å². The number of carbonyl (C=O) groups excluding carboxylic acids is 1. The molecule has 2 aromatic heterocycles. The molecule has 9 nitrogen and oxygen atoms in total. The molecule has 1 aliphatic heterocycles. The van der Waals surface area contributed by atoms with Crippen molar-refractivity contribution in [1.29, 1.82) is 0 Å². The van der Waals surface area contributed by atoms with E-state index >= 15 is 0 Å². The molecule has 34 heavy (non-hydrogen) atoms. The van der Waals surface area contributed by atoms with Crippen molar-refractivity contribution < 1.29 is 18.7 Å². The lowest BCUT2D eigenvalue weighted by Crippen LogP contribution is -2.36. The standard InChI is InChI=1S/C25H25N5O4/c1-16-26-22(15-23(27-16)30-10-12-33-13-11-30)28-18-6-8-19(9-7-18)29-25(31)21-14-17-4-3-5-20(32-2)24(17)34-21/h3-9,14-15H,10-13H2,1-2H3,(H,29,31)(H,26,27,28). The Balaban J connectivity index is 1.27. The van der Waals surface area contributed by atoms with Crippen molar-refractivity contribution in [3.63, 3.8) is 0 Å². The second-order valence-corrected chi connectivity index (χ2v) is 7.90. The molecule has 0 radical (unpaired) electrons. The van der Waals surface area contributed by atoms with Gasteiger partial charge in [-0.25, -0.2) is 9.97 Å². The van der Waals surface area contributed by atoms with Crippen LogP contribution in [0.15, 0.2) is 59.0 Å². The summed E-state index contributed by atoms with van der Waals surface area (Å²) in [7, 11) is 1.57. The number of methoxy groups -OCH3 is 1. The Kier molecular flexibility index (Phi) is 6.01. The molecule has 1 saturated heterocycles. The summed E-state index contributed by atoms with van der Waals surface area (Å²) in [6.07, 6.45) is 0. The highest BCUT2D eigenvalue weighted by molar-refractivity contribution is 6.05. The first-order chi connectivity index (χ1) is 16.6. The third-order valence-electron chi connectivity index (χ3n) is 5.53. The fourth-order valence-corrected chi connectivity index (χ4v) is 3.86. The number of benzene rings is 2. The number of aryl methyl sites for hydroxylation is 1. The Hall–Kier alpha value is -4.11. The molecule has 0 atom stereocenters. The summed E-state index contributed by atoms with van der Waals surface area (Å²) in [6.45, 7) is 4.88. The second kappa shape index (κ2) is 9.40. The lowest BCUT2D eigenvalue weighted by atomic mass is 10.2. The number of morpholine rings is 1. The van der Waals surface area contributed by atoms with Crippen molar-refractivity contribution in [1.82, 2.24) is 9.97 Å².